The van der Waals surface area contributed by atoms with E-state index in [0.717, 1.165) is 10.8 Å². The summed E-state index contributed by atoms with van der Waals surface area (Å²) in [5.74, 6) is 0.277. The molecule has 1 N–H and O–H groups in total. The molecule has 8 nitrogen and oxygen atoms in total. The van der Waals surface area contributed by atoms with E-state index in [1.807, 2.05) is 42.5 Å². The molecule has 0 radical (unpaired) electrons. The van der Waals surface area contributed by atoms with E-state index >= 15 is 0 Å². The van der Waals surface area contributed by atoms with E-state index in [9.17, 15) is 13.2 Å². The molecule has 0 aliphatic carbocycles. The van der Waals surface area contributed by atoms with Gasteiger partial charge in [0.2, 0.25) is 10.0 Å². The van der Waals surface area contributed by atoms with Gasteiger partial charge >= 0.3 is 6.03 Å². The SMILES string of the molecule is Cc1noc(C)c1S(=O)(=O)N1CCN(C(=O)Nc2ccc3ccccc3c2)CC1. The number of amides is 2. The molecule has 1 aliphatic heterocycles. The fraction of sp³-hybridized carbons (Fsp3) is 0.300. The fourth-order valence-electron chi connectivity index (χ4n) is 3.57. The second-order valence-corrected chi connectivity index (χ2v) is 8.91. The molecule has 2 amide bonds. The average molecular weight is 414 g/mol. The molecule has 1 aliphatic rings. The van der Waals surface area contributed by atoms with Gasteiger partial charge in [0.1, 0.15) is 10.6 Å². The minimum Gasteiger partial charge on any atom is -0.360 e. The summed E-state index contributed by atoms with van der Waals surface area (Å²) in [5, 5.41) is 8.77. The zero-order valence-corrected chi connectivity index (χ0v) is 17.1. The summed E-state index contributed by atoms with van der Waals surface area (Å²) < 4.78 is 32.2. The van der Waals surface area contributed by atoms with Gasteiger partial charge < -0.3 is 14.7 Å². The number of anilines is 1. The van der Waals surface area contributed by atoms with Crippen LogP contribution in [0, 0.1) is 13.8 Å². The van der Waals surface area contributed by atoms with Gasteiger partial charge in [0.25, 0.3) is 0 Å². The molecule has 29 heavy (non-hydrogen) atoms. The lowest BCUT2D eigenvalue weighted by Crippen LogP contribution is -2.51. The summed E-state index contributed by atoms with van der Waals surface area (Å²) in [5.41, 5.74) is 1.05. The molecule has 1 aromatic heterocycles. The van der Waals surface area contributed by atoms with Crippen molar-refractivity contribution in [3.05, 3.63) is 53.9 Å². The smallest absolute Gasteiger partial charge is 0.321 e. The number of sulfonamides is 1. The number of fused-ring (bicyclic) bond motifs is 1. The molecular formula is C20H22N4O4S. The minimum absolute atomic E-state index is 0.117. The van der Waals surface area contributed by atoms with Crippen LogP contribution in [-0.4, -0.2) is 55.0 Å². The molecular weight excluding hydrogens is 392 g/mol. The standard InChI is InChI=1S/C20H22N4O4S/c1-14-19(15(2)28-22-14)29(26,27)24-11-9-23(10-12-24)20(25)21-18-8-7-16-5-3-4-6-17(16)13-18/h3-8,13H,9-12H2,1-2H3,(H,21,25). The third kappa shape index (κ3) is 3.70. The zero-order chi connectivity index (χ0) is 20.6. The number of nitrogens with one attached hydrogen (secondary N) is 1. The highest BCUT2D eigenvalue weighted by molar-refractivity contribution is 7.89. The van der Waals surface area contributed by atoms with Crippen molar-refractivity contribution in [3.63, 3.8) is 0 Å². The van der Waals surface area contributed by atoms with Crippen LogP contribution in [0.1, 0.15) is 11.5 Å². The van der Waals surface area contributed by atoms with Gasteiger partial charge in [-0.1, -0.05) is 35.5 Å². The molecule has 1 saturated heterocycles. The number of nitrogens with zero attached hydrogens (tertiary/aromatic N) is 3. The van der Waals surface area contributed by atoms with Crippen LogP contribution in [0.2, 0.25) is 0 Å². The number of urea groups is 1. The van der Waals surface area contributed by atoms with Gasteiger partial charge in [0, 0.05) is 31.9 Å². The Hall–Kier alpha value is -2.91. The summed E-state index contributed by atoms with van der Waals surface area (Å²) in [4.78, 5) is 14.4. The molecule has 9 heteroatoms. The first kappa shape index (κ1) is 19.4. The number of aromatic nitrogens is 1. The Labute approximate surface area is 169 Å². The van der Waals surface area contributed by atoms with Gasteiger partial charge in [-0.3, -0.25) is 0 Å². The molecule has 0 atom stereocenters. The average Bonchev–Trinajstić information content (AvgIpc) is 3.07. The number of rotatable bonds is 3. The number of hydrogen-bond acceptors (Lipinski definition) is 5. The summed E-state index contributed by atoms with van der Waals surface area (Å²) in [6.45, 7) is 4.25. The zero-order valence-electron chi connectivity index (χ0n) is 16.3. The molecule has 3 aromatic rings. The first-order valence-electron chi connectivity index (χ1n) is 9.34. The van der Waals surface area contributed by atoms with Crippen molar-refractivity contribution in [2.75, 3.05) is 31.5 Å². The van der Waals surface area contributed by atoms with E-state index in [-0.39, 0.29) is 29.8 Å². The highest BCUT2D eigenvalue weighted by Gasteiger charge is 2.34. The maximum Gasteiger partial charge on any atom is 0.321 e. The van der Waals surface area contributed by atoms with Crippen LogP contribution in [0.4, 0.5) is 10.5 Å². The Morgan fingerprint density at radius 2 is 1.72 bits per heavy atom. The summed E-state index contributed by atoms with van der Waals surface area (Å²) in [7, 11) is -3.69. The van der Waals surface area contributed by atoms with Crippen molar-refractivity contribution in [1.29, 1.82) is 0 Å². The second-order valence-electron chi connectivity index (χ2n) is 7.04. The van der Waals surface area contributed by atoms with Crippen molar-refractivity contribution in [1.82, 2.24) is 14.4 Å². The molecule has 2 heterocycles. The number of carbonyl (C=O) groups is 1. The van der Waals surface area contributed by atoms with Crippen LogP contribution in [0.15, 0.2) is 51.9 Å². The molecule has 4 rings (SSSR count). The third-order valence-corrected chi connectivity index (χ3v) is 7.24. The van der Waals surface area contributed by atoms with Crippen LogP contribution in [0.3, 0.4) is 0 Å². The second kappa shape index (κ2) is 7.49. The van der Waals surface area contributed by atoms with E-state index < -0.39 is 10.0 Å². The van der Waals surface area contributed by atoms with E-state index in [2.05, 4.69) is 10.5 Å². The number of hydrogen-bond donors (Lipinski definition) is 1. The molecule has 152 valence electrons. The van der Waals surface area contributed by atoms with E-state index in [0.29, 0.717) is 24.5 Å². The van der Waals surface area contributed by atoms with E-state index in [1.165, 1.54) is 4.31 Å². The maximum absolute atomic E-state index is 12.9. The highest BCUT2D eigenvalue weighted by Crippen LogP contribution is 2.24. The first-order valence-corrected chi connectivity index (χ1v) is 10.8. The lowest BCUT2D eigenvalue weighted by atomic mass is 10.1. The van der Waals surface area contributed by atoms with E-state index in [1.54, 1.807) is 18.7 Å². The van der Waals surface area contributed by atoms with Gasteiger partial charge in [-0.25, -0.2) is 13.2 Å². The molecule has 0 saturated carbocycles. The highest BCUT2D eigenvalue weighted by atomic mass is 32.2. The predicted molar refractivity (Wildman–Crippen MR) is 109 cm³/mol. The van der Waals surface area contributed by atoms with Crippen LogP contribution >= 0.6 is 0 Å². The van der Waals surface area contributed by atoms with Crippen molar-refractivity contribution in [2.24, 2.45) is 0 Å². The van der Waals surface area contributed by atoms with Gasteiger partial charge in [0.05, 0.1) is 0 Å². The van der Waals surface area contributed by atoms with Crippen LogP contribution in [-0.2, 0) is 10.0 Å². The van der Waals surface area contributed by atoms with Crippen molar-refractivity contribution in [2.45, 2.75) is 18.7 Å². The lowest BCUT2D eigenvalue weighted by molar-refractivity contribution is 0.184. The fourth-order valence-corrected chi connectivity index (χ4v) is 5.29. The van der Waals surface area contributed by atoms with Crippen molar-refractivity contribution in [3.8, 4) is 0 Å². The van der Waals surface area contributed by atoms with Gasteiger partial charge in [-0.2, -0.15) is 4.31 Å². The Morgan fingerprint density at radius 1 is 1.03 bits per heavy atom. The predicted octanol–water partition coefficient (Wildman–Crippen LogP) is 2.98. The molecule has 0 spiro atoms. The quantitative estimate of drug-likeness (QED) is 0.711. The molecule has 0 bridgehead atoms. The first-order chi connectivity index (χ1) is 13.9. The normalized spacial score (nSPS) is 15.6. The molecule has 0 unspecified atom stereocenters. The van der Waals surface area contributed by atoms with Gasteiger partial charge in [-0.15, -0.1) is 0 Å². The monoisotopic (exact) mass is 414 g/mol. The Bertz CT molecular complexity index is 1140. The lowest BCUT2D eigenvalue weighted by Gasteiger charge is -2.33. The maximum atomic E-state index is 12.9. The molecule has 1 fully saturated rings. The largest absolute Gasteiger partial charge is 0.360 e. The van der Waals surface area contributed by atoms with Crippen molar-refractivity contribution < 1.29 is 17.7 Å². The number of benzene rings is 2. The summed E-state index contributed by atoms with van der Waals surface area (Å²) in [6, 6.07) is 13.4. The van der Waals surface area contributed by atoms with Crippen LogP contribution in [0.5, 0.6) is 0 Å². The topological polar surface area (TPSA) is 95.8 Å². The van der Waals surface area contributed by atoms with Gasteiger partial charge in [-0.05, 0) is 36.8 Å². The number of carbonyl (C=O) groups excluding carboxylic acids is 1. The minimum atomic E-state index is -3.69. The third-order valence-electron chi connectivity index (χ3n) is 5.09. The summed E-state index contributed by atoms with van der Waals surface area (Å²) >= 11 is 0. The number of aryl methyl sites for hydroxylation is 2. The summed E-state index contributed by atoms with van der Waals surface area (Å²) in [6.07, 6.45) is 0. The van der Waals surface area contributed by atoms with Crippen molar-refractivity contribution >= 4 is 32.5 Å². The van der Waals surface area contributed by atoms with E-state index in [4.69, 9.17) is 4.52 Å². The van der Waals surface area contributed by atoms with Crippen LogP contribution < -0.4 is 5.32 Å². The molecule has 2 aromatic carbocycles. The number of piperazine rings is 1. The Kier molecular flexibility index (Phi) is 5.01. The Balaban J connectivity index is 1.41. The Morgan fingerprint density at radius 3 is 2.38 bits per heavy atom. The van der Waals surface area contributed by atoms with Crippen LogP contribution in [0.25, 0.3) is 10.8 Å². The van der Waals surface area contributed by atoms with Gasteiger partial charge in [0.15, 0.2) is 5.76 Å².